The molecule has 10 heteroatoms. The number of halogens is 1. The number of nitrogen functional groups attached to an aromatic ring is 1. The van der Waals surface area contributed by atoms with Crippen LogP contribution in [0.2, 0.25) is 0 Å². The Hall–Kier alpha value is -2.30. The molecule has 2 aromatic heterocycles. The molecule has 0 aliphatic carbocycles. The van der Waals surface area contributed by atoms with E-state index >= 15 is 0 Å². The van der Waals surface area contributed by atoms with Crippen LogP contribution in [-0.2, 0) is 16.0 Å². The summed E-state index contributed by atoms with van der Waals surface area (Å²) in [6.07, 6.45) is 3.51. The fourth-order valence-corrected chi connectivity index (χ4v) is 4.38. The number of nitrogens with two attached hydrogens (primary N) is 1. The minimum absolute atomic E-state index is 0.365. The first-order valence-electron chi connectivity index (χ1n) is 9.67. The second kappa shape index (κ2) is 9.23. The molecule has 1 atom stereocenters. The number of imidazole rings is 1. The molecule has 30 heavy (non-hydrogen) atoms. The number of anilines is 1. The summed E-state index contributed by atoms with van der Waals surface area (Å²) >= 11 is 4.93. The molecule has 8 nitrogen and oxygen atoms in total. The van der Waals surface area contributed by atoms with E-state index in [0.717, 1.165) is 40.4 Å². The molecular weight excluding hydrogens is 468 g/mol. The number of thioether (sulfide) groups is 1. The molecule has 0 spiro atoms. The first-order chi connectivity index (χ1) is 14.5. The number of ether oxygens (including phenoxy) is 2. The lowest BCUT2D eigenvalue weighted by atomic mass is 10.2. The van der Waals surface area contributed by atoms with Crippen LogP contribution < -0.4 is 11.1 Å². The molecule has 1 aromatic carbocycles. The summed E-state index contributed by atoms with van der Waals surface area (Å²) in [5.74, 6) is 0.365. The second-order valence-electron chi connectivity index (χ2n) is 7.09. The number of nitrogens with one attached hydrogen (secondary N) is 1. The van der Waals surface area contributed by atoms with E-state index < -0.39 is 6.29 Å². The Morgan fingerprint density at radius 1 is 1.30 bits per heavy atom. The summed E-state index contributed by atoms with van der Waals surface area (Å²) in [4.78, 5) is 13.1. The summed E-state index contributed by atoms with van der Waals surface area (Å²) in [6, 6.07) is 8.26. The Kier molecular flexibility index (Phi) is 6.45. The third-order valence-corrected chi connectivity index (χ3v) is 6.11. The van der Waals surface area contributed by atoms with Gasteiger partial charge in [-0.1, -0.05) is 48.0 Å². The average Bonchev–Trinajstić information content (AvgIpc) is 3.31. The van der Waals surface area contributed by atoms with Gasteiger partial charge in [-0.25, -0.2) is 15.0 Å². The number of aromatic nitrogens is 4. The van der Waals surface area contributed by atoms with Gasteiger partial charge in [0.1, 0.15) is 12.6 Å². The SMILES string of the molecule is CC(C)NCCCn1c(SC2=COC(c3ccccc3Br)O2)nc2c(N)ncnc21. The molecule has 1 unspecified atom stereocenters. The van der Waals surface area contributed by atoms with E-state index in [1.807, 2.05) is 24.3 Å². The van der Waals surface area contributed by atoms with Crippen LogP contribution in [0.25, 0.3) is 11.2 Å². The van der Waals surface area contributed by atoms with Crippen molar-refractivity contribution in [1.29, 1.82) is 0 Å². The van der Waals surface area contributed by atoms with Gasteiger partial charge in [0.05, 0.1) is 0 Å². The molecule has 3 N–H and O–H groups in total. The van der Waals surface area contributed by atoms with Gasteiger partial charge in [0.25, 0.3) is 6.29 Å². The highest BCUT2D eigenvalue weighted by molar-refractivity contribution is 9.10. The summed E-state index contributed by atoms with van der Waals surface area (Å²) in [5.41, 5.74) is 8.27. The fourth-order valence-electron chi connectivity index (χ4n) is 3.06. The van der Waals surface area contributed by atoms with Crippen molar-refractivity contribution in [2.24, 2.45) is 0 Å². The Morgan fingerprint density at radius 2 is 2.13 bits per heavy atom. The van der Waals surface area contributed by atoms with Crippen molar-refractivity contribution in [3.8, 4) is 0 Å². The predicted octanol–water partition coefficient (Wildman–Crippen LogP) is 4.20. The molecule has 3 heterocycles. The van der Waals surface area contributed by atoms with Gasteiger partial charge in [-0.3, -0.25) is 0 Å². The van der Waals surface area contributed by atoms with Gasteiger partial charge in [-0.15, -0.1) is 0 Å². The number of hydrogen-bond acceptors (Lipinski definition) is 8. The van der Waals surface area contributed by atoms with Crippen molar-refractivity contribution in [3.05, 3.63) is 52.0 Å². The van der Waals surface area contributed by atoms with Gasteiger partial charge in [-0.2, -0.15) is 0 Å². The number of rotatable bonds is 8. The summed E-state index contributed by atoms with van der Waals surface area (Å²) < 4.78 is 14.7. The molecule has 0 radical (unpaired) electrons. The van der Waals surface area contributed by atoms with Crippen molar-refractivity contribution in [3.63, 3.8) is 0 Å². The van der Waals surface area contributed by atoms with Crippen LogP contribution in [0, 0.1) is 0 Å². The Bertz CT molecular complexity index is 1070. The molecule has 0 saturated carbocycles. The van der Waals surface area contributed by atoms with Gasteiger partial charge in [0, 0.05) is 22.6 Å². The third-order valence-electron chi connectivity index (χ3n) is 4.50. The first kappa shape index (κ1) is 21.0. The van der Waals surface area contributed by atoms with Crippen LogP contribution in [0.15, 0.2) is 51.6 Å². The highest BCUT2D eigenvalue weighted by Gasteiger charge is 2.26. The molecule has 3 aromatic rings. The van der Waals surface area contributed by atoms with Gasteiger partial charge >= 0.3 is 0 Å². The molecule has 0 saturated heterocycles. The largest absolute Gasteiger partial charge is 0.454 e. The maximum absolute atomic E-state index is 6.03. The lowest BCUT2D eigenvalue weighted by Gasteiger charge is -2.13. The zero-order valence-electron chi connectivity index (χ0n) is 16.7. The molecule has 0 bridgehead atoms. The van der Waals surface area contributed by atoms with Gasteiger partial charge in [0.2, 0.25) is 5.09 Å². The van der Waals surface area contributed by atoms with E-state index in [1.54, 1.807) is 6.26 Å². The standard InChI is InChI=1S/C20H23BrN6O2S/c1-12(2)23-8-5-9-27-18-16(17(22)24-11-25-18)26-20(27)30-15-10-28-19(29-15)13-6-3-4-7-14(13)21/h3-4,6-7,10-12,19,23H,5,8-9H2,1-2H3,(H2,22,24,25). The van der Waals surface area contributed by atoms with Crippen molar-refractivity contribution in [2.45, 2.75) is 44.3 Å². The zero-order chi connectivity index (χ0) is 21.1. The van der Waals surface area contributed by atoms with Crippen LogP contribution in [0.4, 0.5) is 5.82 Å². The fraction of sp³-hybridized carbons (Fsp3) is 0.350. The van der Waals surface area contributed by atoms with E-state index in [4.69, 9.17) is 15.2 Å². The van der Waals surface area contributed by atoms with Crippen molar-refractivity contribution in [2.75, 3.05) is 12.3 Å². The molecule has 4 rings (SSSR count). The summed E-state index contributed by atoms with van der Waals surface area (Å²) in [6.45, 7) is 5.91. The van der Waals surface area contributed by atoms with E-state index in [2.05, 4.69) is 54.6 Å². The monoisotopic (exact) mass is 490 g/mol. The Labute approximate surface area is 187 Å². The average molecular weight is 491 g/mol. The van der Waals surface area contributed by atoms with E-state index in [1.165, 1.54) is 18.1 Å². The number of fused-ring (bicyclic) bond motifs is 1. The van der Waals surface area contributed by atoms with Crippen molar-refractivity contribution < 1.29 is 9.47 Å². The predicted molar refractivity (Wildman–Crippen MR) is 120 cm³/mol. The van der Waals surface area contributed by atoms with Crippen LogP contribution in [0.3, 0.4) is 0 Å². The number of nitrogens with zero attached hydrogens (tertiary/aromatic N) is 4. The maximum atomic E-state index is 6.03. The molecule has 0 fully saturated rings. The second-order valence-corrected chi connectivity index (χ2v) is 8.91. The van der Waals surface area contributed by atoms with Crippen LogP contribution >= 0.6 is 27.7 Å². The summed E-state index contributed by atoms with van der Waals surface area (Å²) in [5, 5.41) is 4.80. The van der Waals surface area contributed by atoms with Gasteiger partial charge < -0.3 is 25.1 Å². The molecule has 0 amide bonds. The van der Waals surface area contributed by atoms with Crippen molar-refractivity contribution in [1.82, 2.24) is 24.8 Å². The smallest absolute Gasteiger partial charge is 0.268 e. The summed E-state index contributed by atoms with van der Waals surface area (Å²) in [7, 11) is 0. The minimum atomic E-state index is -0.499. The van der Waals surface area contributed by atoms with E-state index in [9.17, 15) is 0 Å². The third kappa shape index (κ3) is 4.55. The van der Waals surface area contributed by atoms with E-state index in [0.29, 0.717) is 22.5 Å². The Morgan fingerprint density at radius 3 is 2.93 bits per heavy atom. The van der Waals surface area contributed by atoms with Crippen LogP contribution in [0.5, 0.6) is 0 Å². The normalized spacial score (nSPS) is 16.0. The van der Waals surface area contributed by atoms with Crippen LogP contribution in [0.1, 0.15) is 32.1 Å². The first-order valence-corrected chi connectivity index (χ1v) is 11.3. The van der Waals surface area contributed by atoms with Gasteiger partial charge in [-0.05, 0) is 30.8 Å². The van der Waals surface area contributed by atoms with E-state index in [-0.39, 0.29) is 0 Å². The number of benzene rings is 1. The molecule has 1 aliphatic heterocycles. The van der Waals surface area contributed by atoms with Gasteiger partial charge in [0.15, 0.2) is 22.1 Å². The molecular formula is C20H23BrN6O2S. The molecule has 1 aliphatic rings. The van der Waals surface area contributed by atoms with Crippen molar-refractivity contribution >= 4 is 44.7 Å². The number of aryl methyl sites for hydroxylation is 1. The number of hydrogen-bond donors (Lipinski definition) is 2. The lowest BCUT2D eigenvalue weighted by molar-refractivity contribution is -0.0278. The maximum Gasteiger partial charge on any atom is 0.268 e. The van der Waals surface area contributed by atoms with Crippen LogP contribution in [-0.4, -0.2) is 32.1 Å². The quantitative estimate of drug-likeness (QED) is 0.453. The lowest BCUT2D eigenvalue weighted by Crippen LogP contribution is -2.24. The minimum Gasteiger partial charge on any atom is -0.454 e. The zero-order valence-corrected chi connectivity index (χ0v) is 19.1. The molecule has 158 valence electrons. The Balaban J connectivity index is 1.53. The highest BCUT2D eigenvalue weighted by Crippen LogP contribution is 2.40. The topological polar surface area (TPSA) is 100 Å². The highest BCUT2D eigenvalue weighted by atomic mass is 79.9.